The first-order chi connectivity index (χ1) is 15.1. The summed E-state index contributed by atoms with van der Waals surface area (Å²) in [6, 6.07) is 18.5. The Labute approximate surface area is 188 Å². The molecule has 1 atom stereocenters. The molecule has 1 fully saturated rings. The molecule has 0 amide bonds. The summed E-state index contributed by atoms with van der Waals surface area (Å²) in [7, 11) is 0. The van der Waals surface area contributed by atoms with Gasteiger partial charge >= 0.3 is 0 Å². The number of aromatic nitrogens is 3. The van der Waals surface area contributed by atoms with Crippen LogP contribution in [0.2, 0.25) is 0 Å². The summed E-state index contributed by atoms with van der Waals surface area (Å²) in [5.41, 5.74) is 3.33. The van der Waals surface area contributed by atoms with Gasteiger partial charge in [0.1, 0.15) is 15.9 Å². The van der Waals surface area contributed by atoms with Gasteiger partial charge < -0.3 is 4.57 Å². The third-order valence-electron chi connectivity index (χ3n) is 5.32. The van der Waals surface area contributed by atoms with E-state index in [1.807, 2.05) is 43.3 Å². The maximum absolute atomic E-state index is 13.2. The van der Waals surface area contributed by atoms with Crippen molar-refractivity contribution in [2.75, 3.05) is 0 Å². The number of nitrogens with one attached hydrogen (secondary N) is 1. The van der Waals surface area contributed by atoms with Crippen molar-refractivity contribution in [2.45, 2.75) is 25.8 Å². The van der Waals surface area contributed by atoms with E-state index in [0.717, 1.165) is 34.4 Å². The third kappa shape index (κ3) is 3.75. The van der Waals surface area contributed by atoms with Crippen molar-refractivity contribution in [3.63, 3.8) is 0 Å². The highest BCUT2D eigenvalue weighted by molar-refractivity contribution is 8.19. The molecule has 5 nitrogen and oxygen atoms in total. The van der Waals surface area contributed by atoms with Crippen LogP contribution >= 0.6 is 23.1 Å². The molecule has 3 heterocycles. The molecule has 2 aromatic carbocycles. The number of hydrogen-bond donors (Lipinski definition) is 1. The summed E-state index contributed by atoms with van der Waals surface area (Å²) in [5, 5.41) is 19.6. The zero-order valence-electron chi connectivity index (χ0n) is 16.9. The summed E-state index contributed by atoms with van der Waals surface area (Å²) in [4.78, 5) is 13.7. The van der Waals surface area contributed by atoms with Gasteiger partial charge in [-0.15, -0.1) is 21.5 Å². The highest BCUT2D eigenvalue weighted by Gasteiger charge is 2.39. The predicted octanol–water partition coefficient (Wildman–Crippen LogP) is 5.52. The molecule has 154 valence electrons. The van der Waals surface area contributed by atoms with Gasteiger partial charge in [-0.1, -0.05) is 67.2 Å². The summed E-state index contributed by atoms with van der Waals surface area (Å²) in [6.45, 7) is 2.77. The molecule has 31 heavy (non-hydrogen) atoms. The molecule has 1 saturated heterocycles. The van der Waals surface area contributed by atoms with Crippen molar-refractivity contribution in [2.24, 2.45) is 0 Å². The minimum Gasteiger partial charge on any atom is -0.342 e. The van der Waals surface area contributed by atoms with Gasteiger partial charge in [0.2, 0.25) is 0 Å². The second-order valence-corrected chi connectivity index (χ2v) is 9.55. The molecular weight excluding hydrogens is 424 g/mol. The molecule has 0 saturated carbocycles. The van der Waals surface area contributed by atoms with E-state index < -0.39 is 5.92 Å². The smallest absolute Gasteiger partial charge is 0.186 e. The zero-order chi connectivity index (χ0) is 21.4. The summed E-state index contributed by atoms with van der Waals surface area (Å²) >= 11 is 2.66. The van der Waals surface area contributed by atoms with E-state index in [1.165, 1.54) is 28.7 Å². The van der Waals surface area contributed by atoms with Gasteiger partial charge in [-0.3, -0.25) is 10.2 Å². The number of carbonyl (C=O) groups is 1. The van der Waals surface area contributed by atoms with Gasteiger partial charge in [0.05, 0.1) is 9.95 Å². The number of allylic oxidation sites excluding steroid dienone is 1. The van der Waals surface area contributed by atoms with Crippen molar-refractivity contribution in [3.05, 3.63) is 86.8 Å². The Bertz CT molecular complexity index is 1320. The average molecular weight is 445 g/mol. The van der Waals surface area contributed by atoms with Crippen LogP contribution in [-0.4, -0.2) is 25.6 Å². The number of ketones is 1. The molecule has 0 bridgehead atoms. The van der Waals surface area contributed by atoms with Crippen molar-refractivity contribution in [1.29, 1.82) is 5.41 Å². The average Bonchev–Trinajstić information content (AvgIpc) is 3.46. The number of hydrogen-bond acceptors (Lipinski definition) is 6. The first kappa shape index (κ1) is 19.9. The van der Waals surface area contributed by atoms with Crippen molar-refractivity contribution in [3.8, 4) is 0 Å². The number of nitrogens with zero attached hydrogens (tertiary/aromatic N) is 3. The lowest BCUT2D eigenvalue weighted by atomic mass is 10.0. The van der Waals surface area contributed by atoms with Gasteiger partial charge in [0, 0.05) is 29.2 Å². The van der Waals surface area contributed by atoms with Gasteiger partial charge in [-0.05, 0) is 24.1 Å². The molecule has 4 aromatic rings. The first-order valence-corrected chi connectivity index (χ1v) is 11.7. The molecule has 1 aliphatic rings. The fourth-order valence-corrected chi connectivity index (χ4v) is 5.73. The molecule has 5 rings (SSSR count). The van der Waals surface area contributed by atoms with Crippen LogP contribution in [0.4, 0.5) is 0 Å². The minimum absolute atomic E-state index is 0.0614. The standard InChI is InChI=1S/C24H20N4OS2/c1-2-20-26-27-24(31-20)21-22(29)19(30-23(21)25)12-16-14-28(13-15-8-4-3-5-9-15)18-11-7-6-10-17(16)18/h3-12,14,21,25H,2,13H2,1H3. The topological polar surface area (TPSA) is 71.6 Å². The van der Waals surface area contributed by atoms with E-state index in [-0.39, 0.29) is 5.78 Å². The summed E-state index contributed by atoms with van der Waals surface area (Å²) in [5.74, 6) is -0.680. The lowest BCUT2D eigenvalue weighted by Gasteiger charge is -2.05. The Morgan fingerprint density at radius 3 is 2.65 bits per heavy atom. The minimum atomic E-state index is -0.619. The lowest BCUT2D eigenvalue weighted by Crippen LogP contribution is -2.11. The number of fused-ring (bicyclic) bond motifs is 1. The van der Waals surface area contributed by atoms with Crippen LogP contribution in [0, 0.1) is 5.41 Å². The largest absolute Gasteiger partial charge is 0.342 e. The van der Waals surface area contributed by atoms with E-state index in [2.05, 4.69) is 45.2 Å². The normalized spacial score (nSPS) is 17.8. The Balaban J connectivity index is 1.51. The Morgan fingerprint density at radius 2 is 1.87 bits per heavy atom. The van der Waals surface area contributed by atoms with E-state index in [0.29, 0.717) is 15.0 Å². The fourth-order valence-electron chi connectivity index (χ4n) is 3.78. The highest BCUT2D eigenvalue weighted by Crippen LogP contribution is 2.42. The van der Waals surface area contributed by atoms with Crippen LogP contribution in [0.15, 0.2) is 65.7 Å². The maximum Gasteiger partial charge on any atom is 0.186 e. The van der Waals surface area contributed by atoms with E-state index in [4.69, 9.17) is 5.41 Å². The highest BCUT2D eigenvalue weighted by atomic mass is 32.2. The molecule has 1 N–H and O–H groups in total. The Hall–Kier alpha value is -3.03. The molecule has 0 aliphatic carbocycles. The second-order valence-electron chi connectivity index (χ2n) is 7.37. The molecule has 0 radical (unpaired) electrons. The maximum atomic E-state index is 13.2. The predicted molar refractivity (Wildman–Crippen MR) is 128 cm³/mol. The third-order valence-corrected chi connectivity index (χ3v) is 7.45. The number of aryl methyl sites for hydroxylation is 1. The van der Waals surface area contributed by atoms with Gasteiger partial charge in [-0.2, -0.15) is 0 Å². The first-order valence-electron chi connectivity index (χ1n) is 10.1. The van der Waals surface area contributed by atoms with Crippen molar-refractivity contribution >= 4 is 50.9 Å². The quantitative estimate of drug-likeness (QED) is 0.411. The van der Waals surface area contributed by atoms with Crippen molar-refractivity contribution < 1.29 is 4.79 Å². The van der Waals surface area contributed by atoms with Crippen LogP contribution < -0.4 is 0 Å². The van der Waals surface area contributed by atoms with Crippen LogP contribution in [-0.2, 0) is 17.8 Å². The van der Waals surface area contributed by atoms with Crippen molar-refractivity contribution in [1.82, 2.24) is 14.8 Å². The number of rotatable bonds is 5. The molecule has 2 aromatic heterocycles. The van der Waals surface area contributed by atoms with Gasteiger partial charge in [0.15, 0.2) is 5.78 Å². The van der Waals surface area contributed by atoms with E-state index in [1.54, 1.807) is 0 Å². The lowest BCUT2D eigenvalue weighted by molar-refractivity contribution is -0.114. The Kier molecular flexibility index (Phi) is 5.29. The molecule has 1 unspecified atom stereocenters. The number of thioether (sulfide) groups is 1. The number of benzene rings is 2. The zero-order valence-corrected chi connectivity index (χ0v) is 18.5. The number of para-hydroxylation sites is 1. The fraction of sp³-hybridized carbons (Fsp3) is 0.167. The van der Waals surface area contributed by atoms with Crippen LogP contribution in [0.5, 0.6) is 0 Å². The Morgan fingerprint density at radius 1 is 1.10 bits per heavy atom. The molecule has 0 spiro atoms. The number of carbonyl (C=O) groups excluding carboxylic acids is 1. The van der Waals surface area contributed by atoms with Crippen LogP contribution in [0.1, 0.15) is 34.0 Å². The van der Waals surface area contributed by atoms with Crippen LogP contribution in [0.3, 0.4) is 0 Å². The number of Topliss-reactive ketones (excluding diaryl/α,β-unsaturated/α-hetero) is 1. The molecule has 1 aliphatic heterocycles. The molecular formula is C24H20N4OS2. The van der Waals surface area contributed by atoms with E-state index in [9.17, 15) is 4.79 Å². The van der Waals surface area contributed by atoms with Crippen LogP contribution in [0.25, 0.3) is 17.0 Å². The summed E-state index contributed by atoms with van der Waals surface area (Å²) < 4.78 is 2.21. The van der Waals surface area contributed by atoms with Gasteiger partial charge in [-0.25, -0.2) is 0 Å². The second kappa shape index (κ2) is 8.24. The van der Waals surface area contributed by atoms with Gasteiger partial charge in [0.25, 0.3) is 0 Å². The molecule has 7 heteroatoms. The monoisotopic (exact) mass is 444 g/mol. The SMILES string of the molecule is CCc1nnc(C2C(=N)SC(=Cc3cn(Cc4ccccc4)c4ccccc34)C2=O)s1. The van der Waals surface area contributed by atoms with E-state index >= 15 is 0 Å². The summed E-state index contributed by atoms with van der Waals surface area (Å²) in [6.07, 6.45) is 4.80.